The molecule has 0 atom stereocenters. The number of anilines is 1. The van der Waals surface area contributed by atoms with E-state index in [1.54, 1.807) is 12.1 Å². The van der Waals surface area contributed by atoms with Gasteiger partial charge in [-0.05, 0) is 12.1 Å². The number of hydrogen-bond acceptors (Lipinski definition) is 3. The fourth-order valence-corrected chi connectivity index (χ4v) is 0.870. The highest BCUT2D eigenvalue weighted by Crippen LogP contribution is 2.17. The summed E-state index contributed by atoms with van der Waals surface area (Å²) in [5, 5.41) is 2.07. The van der Waals surface area contributed by atoms with Crippen molar-refractivity contribution in [1.82, 2.24) is 4.98 Å². The summed E-state index contributed by atoms with van der Waals surface area (Å²) in [4.78, 5) is 25.1. The predicted octanol–water partition coefficient (Wildman–Crippen LogP) is 1.54. The molecule has 0 radical (unpaired) electrons. The number of halogens is 3. The van der Waals surface area contributed by atoms with Crippen LogP contribution < -0.4 is 5.32 Å². The molecule has 86 valence electrons. The first-order chi connectivity index (χ1) is 7.39. The summed E-state index contributed by atoms with van der Waals surface area (Å²) in [5.74, 6) is -3.02. The van der Waals surface area contributed by atoms with Crippen molar-refractivity contribution in [2.24, 2.45) is 0 Å². The van der Waals surface area contributed by atoms with Crippen LogP contribution in [0, 0.1) is 0 Å². The lowest BCUT2D eigenvalue weighted by Gasteiger charge is -2.05. The maximum atomic E-state index is 11.8. The van der Waals surface area contributed by atoms with Crippen LogP contribution >= 0.6 is 0 Å². The van der Waals surface area contributed by atoms with Crippen molar-refractivity contribution in [2.45, 2.75) is 12.6 Å². The van der Waals surface area contributed by atoms with Crippen molar-refractivity contribution in [3.63, 3.8) is 0 Å². The second kappa shape index (κ2) is 4.73. The van der Waals surface area contributed by atoms with Gasteiger partial charge in [0.2, 0.25) is 11.7 Å². The Balaban J connectivity index is 2.52. The summed E-state index contributed by atoms with van der Waals surface area (Å²) in [6.45, 7) is 0. The lowest BCUT2D eigenvalue weighted by molar-refractivity contribution is -0.171. The van der Waals surface area contributed by atoms with Gasteiger partial charge in [-0.2, -0.15) is 13.2 Å². The Morgan fingerprint density at radius 3 is 2.50 bits per heavy atom. The van der Waals surface area contributed by atoms with Gasteiger partial charge in [0.25, 0.3) is 0 Å². The maximum absolute atomic E-state index is 11.8. The molecule has 7 heteroatoms. The Morgan fingerprint density at radius 1 is 1.31 bits per heavy atom. The lowest BCUT2D eigenvalue weighted by Crippen LogP contribution is -2.28. The van der Waals surface area contributed by atoms with Crippen molar-refractivity contribution in [3.8, 4) is 0 Å². The number of pyridine rings is 1. The first-order valence-corrected chi connectivity index (χ1v) is 4.20. The fourth-order valence-electron chi connectivity index (χ4n) is 0.870. The maximum Gasteiger partial charge on any atom is 0.450 e. The van der Waals surface area contributed by atoms with Gasteiger partial charge >= 0.3 is 6.18 Å². The van der Waals surface area contributed by atoms with Crippen LogP contribution in [0.3, 0.4) is 0 Å². The summed E-state index contributed by atoms with van der Waals surface area (Å²) < 4.78 is 35.4. The number of alkyl halides is 3. The van der Waals surface area contributed by atoms with Crippen molar-refractivity contribution in [1.29, 1.82) is 0 Å². The molecule has 0 aromatic carbocycles. The van der Waals surface area contributed by atoms with Crippen molar-refractivity contribution < 1.29 is 22.8 Å². The number of aromatic nitrogens is 1. The zero-order valence-corrected chi connectivity index (χ0v) is 7.91. The Bertz CT molecular complexity index is 389. The Morgan fingerprint density at radius 2 is 2.00 bits per heavy atom. The topological polar surface area (TPSA) is 59.1 Å². The molecule has 0 saturated heterocycles. The molecule has 0 bridgehead atoms. The molecule has 0 aliphatic rings. The molecule has 0 fully saturated rings. The van der Waals surface area contributed by atoms with Gasteiger partial charge in [0.1, 0.15) is 5.82 Å². The third-order valence-electron chi connectivity index (χ3n) is 1.57. The number of hydrogen-bond donors (Lipinski definition) is 1. The zero-order valence-electron chi connectivity index (χ0n) is 7.91. The number of nitrogens with one attached hydrogen (secondary N) is 1. The molecule has 1 aromatic rings. The van der Waals surface area contributed by atoms with Gasteiger partial charge in [-0.25, -0.2) is 4.98 Å². The van der Waals surface area contributed by atoms with E-state index < -0.39 is 24.3 Å². The Labute approximate surface area is 88.5 Å². The van der Waals surface area contributed by atoms with Crippen LogP contribution in [0.25, 0.3) is 0 Å². The van der Waals surface area contributed by atoms with E-state index in [0.717, 1.165) is 0 Å². The highest BCUT2D eigenvalue weighted by Gasteiger charge is 2.39. The summed E-state index contributed by atoms with van der Waals surface area (Å²) >= 11 is 0. The number of Topliss-reactive ketones (excluding diaryl/α,β-unsaturated/α-hetero) is 1. The average Bonchev–Trinajstić information content (AvgIpc) is 2.17. The van der Waals surface area contributed by atoms with Crippen LogP contribution in [-0.2, 0) is 9.59 Å². The number of ketones is 1. The van der Waals surface area contributed by atoms with Crippen LogP contribution in [0.1, 0.15) is 6.42 Å². The molecule has 16 heavy (non-hydrogen) atoms. The molecule has 0 spiro atoms. The average molecular weight is 232 g/mol. The molecule has 0 saturated carbocycles. The predicted molar refractivity (Wildman–Crippen MR) is 48.5 cm³/mol. The van der Waals surface area contributed by atoms with Crippen LogP contribution in [0.4, 0.5) is 19.0 Å². The molecule has 1 rings (SSSR count). The minimum Gasteiger partial charge on any atom is -0.310 e. The number of rotatable bonds is 3. The Hall–Kier alpha value is -1.92. The third kappa shape index (κ3) is 3.68. The first-order valence-electron chi connectivity index (χ1n) is 4.20. The number of carbonyl (C=O) groups is 2. The van der Waals surface area contributed by atoms with E-state index in [4.69, 9.17) is 0 Å². The van der Waals surface area contributed by atoms with Gasteiger partial charge in [-0.3, -0.25) is 9.59 Å². The number of nitrogens with zero attached hydrogens (tertiary/aromatic N) is 1. The minimum absolute atomic E-state index is 0.0995. The lowest BCUT2D eigenvalue weighted by atomic mass is 10.2. The van der Waals surface area contributed by atoms with Crippen molar-refractivity contribution >= 4 is 17.5 Å². The van der Waals surface area contributed by atoms with E-state index >= 15 is 0 Å². The molecular weight excluding hydrogens is 225 g/mol. The second-order valence-electron chi connectivity index (χ2n) is 2.86. The Kier molecular flexibility index (Phi) is 3.60. The summed E-state index contributed by atoms with van der Waals surface area (Å²) in [7, 11) is 0. The molecule has 1 heterocycles. The molecule has 1 N–H and O–H groups in total. The molecule has 0 aliphatic carbocycles. The molecule has 1 aromatic heterocycles. The smallest absolute Gasteiger partial charge is 0.310 e. The normalized spacial score (nSPS) is 10.9. The van der Waals surface area contributed by atoms with Crippen LogP contribution in [0.15, 0.2) is 24.4 Å². The van der Waals surface area contributed by atoms with E-state index in [9.17, 15) is 22.8 Å². The molecule has 0 unspecified atom stereocenters. The van der Waals surface area contributed by atoms with Crippen molar-refractivity contribution in [2.75, 3.05) is 5.32 Å². The van der Waals surface area contributed by atoms with E-state index in [0.29, 0.717) is 0 Å². The van der Waals surface area contributed by atoms with Crippen molar-refractivity contribution in [3.05, 3.63) is 24.4 Å². The minimum atomic E-state index is -4.98. The van der Waals surface area contributed by atoms with E-state index in [1.165, 1.54) is 12.3 Å². The summed E-state index contributed by atoms with van der Waals surface area (Å²) in [5.41, 5.74) is 0. The summed E-state index contributed by atoms with van der Waals surface area (Å²) in [6, 6.07) is 4.53. The van der Waals surface area contributed by atoms with Gasteiger partial charge in [-0.15, -0.1) is 0 Å². The molecule has 4 nitrogen and oxygen atoms in total. The van der Waals surface area contributed by atoms with E-state index in [2.05, 4.69) is 10.3 Å². The van der Waals surface area contributed by atoms with Gasteiger partial charge in [0, 0.05) is 6.20 Å². The largest absolute Gasteiger partial charge is 0.450 e. The molecule has 0 aliphatic heterocycles. The fraction of sp³-hybridized carbons (Fsp3) is 0.222. The van der Waals surface area contributed by atoms with Crippen LogP contribution in [0.5, 0.6) is 0 Å². The quantitative estimate of drug-likeness (QED) is 0.804. The highest BCUT2D eigenvalue weighted by atomic mass is 19.4. The number of amides is 1. The highest BCUT2D eigenvalue weighted by molar-refractivity contribution is 6.05. The summed E-state index contributed by atoms with van der Waals surface area (Å²) in [6.07, 6.45) is -4.86. The molecular formula is C9H7F3N2O2. The zero-order chi connectivity index (χ0) is 12.2. The van der Waals surface area contributed by atoms with Gasteiger partial charge in [0.15, 0.2) is 0 Å². The monoisotopic (exact) mass is 232 g/mol. The van der Waals surface area contributed by atoms with Crippen LogP contribution in [0.2, 0.25) is 0 Å². The van der Waals surface area contributed by atoms with E-state index in [-0.39, 0.29) is 5.82 Å². The second-order valence-corrected chi connectivity index (χ2v) is 2.86. The van der Waals surface area contributed by atoms with Gasteiger partial charge < -0.3 is 5.32 Å². The first kappa shape index (κ1) is 12.2. The molecule has 1 amide bonds. The van der Waals surface area contributed by atoms with Gasteiger partial charge in [-0.1, -0.05) is 6.07 Å². The third-order valence-corrected chi connectivity index (χ3v) is 1.57. The standard InChI is InChI=1S/C9H7F3N2O2/c10-9(11,12)6(15)5-8(16)14-7-3-1-2-4-13-7/h1-4H,5H2,(H,13,14,16). The van der Waals surface area contributed by atoms with E-state index in [1.807, 2.05) is 0 Å². The van der Waals surface area contributed by atoms with Gasteiger partial charge in [0.05, 0.1) is 6.42 Å². The SMILES string of the molecule is O=C(CC(=O)C(F)(F)F)Nc1ccccn1. The number of carbonyl (C=O) groups excluding carboxylic acids is 2. The van der Waals surface area contributed by atoms with Crippen LogP contribution in [-0.4, -0.2) is 22.9 Å².